The van der Waals surface area contributed by atoms with Gasteiger partial charge >= 0.3 is 10.1 Å². The van der Waals surface area contributed by atoms with Gasteiger partial charge in [-0.3, -0.25) is 4.79 Å². The first-order valence-corrected chi connectivity index (χ1v) is 10.4. The van der Waals surface area contributed by atoms with E-state index < -0.39 is 16.0 Å². The molecule has 3 aromatic carbocycles. The number of anilines is 1. The molecule has 0 heterocycles. The fourth-order valence-corrected chi connectivity index (χ4v) is 3.52. The van der Waals surface area contributed by atoms with Gasteiger partial charge < -0.3 is 9.50 Å². The molecule has 0 aromatic heterocycles. The van der Waals surface area contributed by atoms with E-state index in [4.69, 9.17) is 4.18 Å². The molecule has 150 valence electrons. The standard InChI is InChI=1S/C23H18N2O4S/c1-17-11-13-21(14-12-17)30(27,28)29-22-10-6-5-7-18(22)15-19(16-24)23(26)25-20-8-3-2-4-9-20/h2-15H,1H3,(H,25,26)/b19-15+. The Morgan fingerprint density at radius 1 is 0.967 bits per heavy atom. The molecule has 0 unspecified atom stereocenters. The van der Waals surface area contributed by atoms with Crippen molar-refractivity contribution in [1.29, 1.82) is 5.26 Å². The summed E-state index contributed by atoms with van der Waals surface area (Å²) in [6.45, 7) is 1.85. The number of benzene rings is 3. The van der Waals surface area contributed by atoms with Gasteiger partial charge in [0.1, 0.15) is 22.3 Å². The Labute approximate surface area is 175 Å². The maximum absolute atomic E-state index is 12.6. The number of nitrogens with one attached hydrogen (secondary N) is 1. The molecule has 30 heavy (non-hydrogen) atoms. The molecule has 1 amide bonds. The SMILES string of the molecule is Cc1ccc(S(=O)(=O)Oc2ccccc2/C=C(\C#N)C(=O)Nc2ccccc2)cc1. The molecule has 0 spiro atoms. The number of carbonyl (C=O) groups excluding carboxylic acids is 1. The van der Waals surface area contributed by atoms with Gasteiger partial charge in [0.2, 0.25) is 0 Å². The lowest BCUT2D eigenvalue weighted by Gasteiger charge is -2.10. The van der Waals surface area contributed by atoms with Crippen molar-refractivity contribution in [3.8, 4) is 11.8 Å². The fourth-order valence-electron chi connectivity index (χ4n) is 2.57. The molecule has 3 aromatic rings. The van der Waals surface area contributed by atoms with E-state index in [-0.39, 0.29) is 21.8 Å². The summed E-state index contributed by atoms with van der Waals surface area (Å²) < 4.78 is 30.5. The molecule has 6 nitrogen and oxygen atoms in total. The number of carbonyl (C=O) groups is 1. The van der Waals surface area contributed by atoms with Crippen LogP contribution in [0.2, 0.25) is 0 Å². The first-order chi connectivity index (χ1) is 14.4. The predicted octanol–water partition coefficient (Wildman–Crippen LogP) is 4.31. The van der Waals surface area contributed by atoms with Crippen LogP contribution in [0, 0.1) is 18.3 Å². The van der Waals surface area contributed by atoms with Crippen molar-refractivity contribution in [3.63, 3.8) is 0 Å². The first kappa shape index (κ1) is 20.8. The lowest BCUT2D eigenvalue weighted by Crippen LogP contribution is -2.13. The molecule has 1 N–H and O–H groups in total. The van der Waals surface area contributed by atoms with Gasteiger partial charge in [-0.2, -0.15) is 13.7 Å². The third-order valence-electron chi connectivity index (χ3n) is 4.12. The van der Waals surface area contributed by atoms with Crippen LogP contribution in [0.4, 0.5) is 5.69 Å². The maximum atomic E-state index is 12.6. The van der Waals surface area contributed by atoms with Crippen LogP contribution >= 0.6 is 0 Å². The molecule has 0 bridgehead atoms. The number of hydrogen-bond donors (Lipinski definition) is 1. The van der Waals surface area contributed by atoms with E-state index in [1.165, 1.54) is 24.3 Å². The normalized spacial score (nSPS) is 11.4. The Balaban J connectivity index is 1.89. The zero-order valence-corrected chi connectivity index (χ0v) is 16.9. The van der Waals surface area contributed by atoms with Gasteiger partial charge in [0.15, 0.2) is 0 Å². The van der Waals surface area contributed by atoms with Crippen LogP contribution in [-0.2, 0) is 14.9 Å². The lowest BCUT2D eigenvalue weighted by atomic mass is 10.1. The number of amides is 1. The zero-order valence-electron chi connectivity index (χ0n) is 16.1. The number of nitriles is 1. The van der Waals surface area contributed by atoms with Gasteiger partial charge in [0.25, 0.3) is 5.91 Å². The molecule has 0 aliphatic carbocycles. The highest BCUT2D eigenvalue weighted by Crippen LogP contribution is 2.25. The average molecular weight is 418 g/mol. The van der Waals surface area contributed by atoms with Gasteiger partial charge in [-0.1, -0.05) is 54.1 Å². The van der Waals surface area contributed by atoms with Crippen LogP contribution in [0.15, 0.2) is 89.3 Å². The molecule has 0 saturated carbocycles. The van der Waals surface area contributed by atoms with E-state index in [0.717, 1.165) is 5.56 Å². The summed E-state index contributed by atoms with van der Waals surface area (Å²) in [5.74, 6) is -0.599. The van der Waals surface area contributed by atoms with Crippen molar-refractivity contribution in [2.45, 2.75) is 11.8 Å². The van der Waals surface area contributed by atoms with E-state index in [1.807, 2.05) is 13.0 Å². The van der Waals surface area contributed by atoms with Crippen molar-refractivity contribution in [3.05, 3.63) is 95.6 Å². The van der Waals surface area contributed by atoms with Crippen LogP contribution in [0.25, 0.3) is 6.08 Å². The summed E-state index contributed by atoms with van der Waals surface area (Å²) in [5, 5.41) is 12.0. The van der Waals surface area contributed by atoms with E-state index in [2.05, 4.69) is 5.32 Å². The number of aryl methyl sites for hydroxylation is 1. The van der Waals surface area contributed by atoms with Gasteiger partial charge in [0.05, 0.1) is 0 Å². The number of nitrogens with zero attached hydrogens (tertiary/aromatic N) is 1. The van der Waals surface area contributed by atoms with Crippen LogP contribution in [0.3, 0.4) is 0 Å². The summed E-state index contributed by atoms with van der Waals surface area (Å²) >= 11 is 0. The van der Waals surface area contributed by atoms with E-state index in [0.29, 0.717) is 5.69 Å². The van der Waals surface area contributed by atoms with Crippen molar-refractivity contribution in [2.24, 2.45) is 0 Å². The van der Waals surface area contributed by atoms with Crippen LogP contribution in [0.5, 0.6) is 5.75 Å². The quantitative estimate of drug-likeness (QED) is 0.366. The predicted molar refractivity (Wildman–Crippen MR) is 114 cm³/mol. The molecule has 7 heteroatoms. The van der Waals surface area contributed by atoms with Gasteiger partial charge in [-0.25, -0.2) is 0 Å². The Bertz CT molecular complexity index is 1230. The van der Waals surface area contributed by atoms with Gasteiger partial charge in [-0.05, 0) is 43.3 Å². The Kier molecular flexibility index (Phi) is 6.30. The molecule has 0 fully saturated rings. The van der Waals surface area contributed by atoms with Crippen molar-refractivity contribution >= 4 is 27.8 Å². The summed E-state index contributed by atoms with van der Waals surface area (Å²) in [5.41, 5.74) is 1.55. The van der Waals surface area contributed by atoms with Gasteiger partial charge in [-0.15, -0.1) is 0 Å². The topological polar surface area (TPSA) is 96.3 Å². The molecule has 0 saturated heterocycles. The molecular formula is C23H18N2O4S. The molecule has 3 rings (SSSR count). The summed E-state index contributed by atoms with van der Waals surface area (Å²) in [6, 6.07) is 23.1. The average Bonchev–Trinajstić information content (AvgIpc) is 2.74. The summed E-state index contributed by atoms with van der Waals surface area (Å²) in [7, 11) is -4.08. The second kappa shape index (κ2) is 9.07. The minimum Gasteiger partial charge on any atom is -0.378 e. The molecule has 0 aliphatic rings. The minimum atomic E-state index is -4.08. The van der Waals surface area contributed by atoms with Crippen LogP contribution in [-0.4, -0.2) is 14.3 Å². The molecule has 0 atom stereocenters. The third kappa shape index (κ3) is 5.13. The maximum Gasteiger partial charge on any atom is 0.339 e. The van der Waals surface area contributed by atoms with Crippen LogP contribution in [0.1, 0.15) is 11.1 Å². The smallest absolute Gasteiger partial charge is 0.339 e. The largest absolute Gasteiger partial charge is 0.378 e. The molecule has 0 aliphatic heterocycles. The van der Waals surface area contributed by atoms with Crippen LogP contribution < -0.4 is 9.50 Å². The highest BCUT2D eigenvalue weighted by atomic mass is 32.2. The second-order valence-electron chi connectivity index (χ2n) is 6.38. The Hall–Kier alpha value is -3.89. The van der Waals surface area contributed by atoms with E-state index in [1.54, 1.807) is 60.7 Å². The Morgan fingerprint density at radius 3 is 2.27 bits per heavy atom. The second-order valence-corrected chi connectivity index (χ2v) is 7.92. The third-order valence-corrected chi connectivity index (χ3v) is 5.37. The number of rotatable bonds is 6. The van der Waals surface area contributed by atoms with Crippen molar-refractivity contribution in [1.82, 2.24) is 0 Å². The zero-order chi connectivity index (χ0) is 21.6. The molecular weight excluding hydrogens is 400 g/mol. The number of hydrogen-bond acceptors (Lipinski definition) is 5. The summed E-state index contributed by atoms with van der Waals surface area (Å²) in [6.07, 6.45) is 1.29. The lowest BCUT2D eigenvalue weighted by molar-refractivity contribution is -0.112. The summed E-state index contributed by atoms with van der Waals surface area (Å²) in [4.78, 5) is 12.4. The van der Waals surface area contributed by atoms with Crippen molar-refractivity contribution in [2.75, 3.05) is 5.32 Å². The Morgan fingerprint density at radius 2 is 1.60 bits per heavy atom. The number of para-hydroxylation sites is 2. The highest BCUT2D eigenvalue weighted by Gasteiger charge is 2.19. The van der Waals surface area contributed by atoms with Crippen molar-refractivity contribution < 1.29 is 17.4 Å². The minimum absolute atomic E-state index is 0.00853. The van der Waals surface area contributed by atoms with E-state index >= 15 is 0 Å². The highest BCUT2D eigenvalue weighted by molar-refractivity contribution is 7.87. The van der Waals surface area contributed by atoms with Gasteiger partial charge in [0, 0.05) is 11.3 Å². The van der Waals surface area contributed by atoms with E-state index in [9.17, 15) is 18.5 Å². The monoisotopic (exact) mass is 418 g/mol. The molecule has 0 radical (unpaired) electrons. The fraction of sp³-hybridized carbons (Fsp3) is 0.0435. The first-order valence-electron chi connectivity index (χ1n) is 8.97.